The minimum absolute atomic E-state index is 0.00654. The van der Waals surface area contributed by atoms with Crippen LogP contribution in [0, 0.1) is 30.6 Å². The number of phenolic OH excluding ortho intramolecular Hbond substituents is 2. The quantitative estimate of drug-likeness (QED) is 0.163. The molecule has 0 saturated heterocycles. The summed E-state index contributed by atoms with van der Waals surface area (Å²) in [5.41, 5.74) is 0.671. The Balaban J connectivity index is 1.84. The van der Waals surface area contributed by atoms with Gasteiger partial charge in [-0.15, -0.1) is 0 Å². The summed E-state index contributed by atoms with van der Waals surface area (Å²) in [6.07, 6.45) is 3.95. The number of carbonyl (C=O) groups is 3. The zero-order valence-corrected chi connectivity index (χ0v) is 29.3. The van der Waals surface area contributed by atoms with Gasteiger partial charge >= 0.3 is 11.8 Å². The number of allylic oxidation sites excluding steroid dienone is 2. The first-order valence-corrected chi connectivity index (χ1v) is 16.3. The van der Waals surface area contributed by atoms with Gasteiger partial charge in [0.15, 0.2) is 0 Å². The molecular formula is C37H47NO11. The molecule has 3 aliphatic heterocycles. The lowest BCUT2D eigenvalue weighted by atomic mass is 9.78. The number of hydrogen-bond acceptors (Lipinski definition) is 11. The first-order valence-electron chi connectivity index (χ1n) is 16.3. The van der Waals surface area contributed by atoms with Crippen molar-refractivity contribution in [1.29, 1.82) is 0 Å². The molecule has 266 valence electrons. The predicted octanol–water partition coefficient (Wildman–Crippen LogP) is 5.05. The number of benzene rings is 2. The number of methoxy groups -OCH3 is 1. The van der Waals surface area contributed by atoms with Crippen molar-refractivity contribution < 1.29 is 53.8 Å². The second-order valence-corrected chi connectivity index (χ2v) is 13.3. The van der Waals surface area contributed by atoms with E-state index in [2.05, 4.69) is 5.32 Å². The van der Waals surface area contributed by atoms with Crippen molar-refractivity contribution in [3.63, 3.8) is 0 Å². The number of aryl methyl sites for hydroxylation is 1. The van der Waals surface area contributed by atoms with E-state index < -0.39 is 71.5 Å². The summed E-state index contributed by atoms with van der Waals surface area (Å²) >= 11 is 0. The van der Waals surface area contributed by atoms with Gasteiger partial charge in [0.05, 0.1) is 35.8 Å². The lowest BCUT2D eigenvalue weighted by molar-refractivity contribution is -0.160. The molecule has 0 saturated carbocycles. The summed E-state index contributed by atoms with van der Waals surface area (Å²) < 4.78 is 23.3. The number of ketones is 1. The van der Waals surface area contributed by atoms with E-state index in [1.54, 1.807) is 59.8 Å². The molecule has 5 bridgehead atoms. The van der Waals surface area contributed by atoms with Crippen LogP contribution in [0.3, 0.4) is 0 Å². The monoisotopic (exact) mass is 681 g/mol. The number of aromatic hydroxyl groups is 2. The zero-order valence-electron chi connectivity index (χ0n) is 29.3. The highest BCUT2D eigenvalue weighted by Gasteiger charge is 2.48. The van der Waals surface area contributed by atoms with Gasteiger partial charge in [0.25, 0.3) is 11.7 Å². The third-order valence-corrected chi connectivity index (χ3v) is 9.66. The van der Waals surface area contributed by atoms with Gasteiger partial charge in [-0.05, 0) is 31.6 Å². The summed E-state index contributed by atoms with van der Waals surface area (Å²) in [4.78, 5) is 39.2. The van der Waals surface area contributed by atoms with Crippen LogP contribution in [0.15, 0.2) is 48.3 Å². The van der Waals surface area contributed by atoms with Gasteiger partial charge in [0.1, 0.15) is 23.4 Å². The number of rotatable bonds is 2. The number of aliphatic hydroxyl groups is 2. The smallest absolute Gasteiger partial charge is 0.312 e. The van der Waals surface area contributed by atoms with E-state index in [9.17, 15) is 34.8 Å². The molecule has 0 fully saturated rings. The first-order chi connectivity index (χ1) is 22.9. The summed E-state index contributed by atoms with van der Waals surface area (Å²) in [5.74, 6) is -6.44. The number of hydrogen-bond donors (Lipinski definition) is 5. The molecule has 49 heavy (non-hydrogen) atoms. The molecule has 2 aromatic carbocycles. The van der Waals surface area contributed by atoms with Crippen LogP contribution in [-0.2, 0) is 23.8 Å². The van der Waals surface area contributed by atoms with E-state index in [-0.39, 0.29) is 44.8 Å². The minimum atomic E-state index is -1.86. The second kappa shape index (κ2) is 14.6. The van der Waals surface area contributed by atoms with E-state index in [1.165, 1.54) is 39.4 Å². The van der Waals surface area contributed by atoms with Crippen LogP contribution < -0.4 is 10.1 Å². The Bertz CT molecular complexity index is 1710. The number of nitrogens with one attached hydrogen (secondary N) is 1. The summed E-state index contributed by atoms with van der Waals surface area (Å²) in [6.45, 7) is 12.9. The fourth-order valence-corrected chi connectivity index (χ4v) is 6.59. The average Bonchev–Trinajstić information content (AvgIpc) is 3.32. The number of anilines is 1. The Morgan fingerprint density at radius 1 is 0.980 bits per heavy atom. The number of Topliss-reactive ketones (excluding diaryl/α,β-unsaturated/α-hetero) is 1. The van der Waals surface area contributed by atoms with Crippen LogP contribution in [0.4, 0.5) is 5.69 Å². The highest BCUT2D eigenvalue weighted by molar-refractivity contribution is 6.20. The lowest BCUT2D eigenvalue weighted by Gasteiger charge is -2.38. The molecule has 0 aliphatic carbocycles. The lowest BCUT2D eigenvalue weighted by Crippen LogP contribution is -2.46. The minimum Gasteiger partial charge on any atom is -0.507 e. The second-order valence-electron chi connectivity index (χ2n) is 13.3. The summed E-state index contributed by atoms with van der Waals surface area (Å²) in [5, 5.41) is 47.7. The fourth-order valence-electron chi connectivity index (χ4n) is 6.59. The van der Waals surface area contributed by atoms with E-state index in [4.69, 9.17) is 18.9 Å². The van der Waals surface area contributed by atoms with Crippen molar-refractivity contribution in [2.24, 2.45) is 23.7 Å². The summed E-state index contributed by atoms with van der Waals surface area (Å²) in [7, 11) is 1.46. The molecule has 9 atom stereocenters. The number of esters is 1. The molecule has 0 spiro atoms. The first kappa shape index (κ1) is 37.4. The van der Waals surface area contributed by atoms with Gasteiger partial charge in [-0.25, -0.2) is 0 Å². The Morgan fingerprint density at radius 2 is 1.65 bits per heavy atom. The van der Waals surface area contributed by atoms with Crippen molar-refractivity contribution in [3.05, 3.63) is 59.4 Å². The van der Waals surface area contributed by atoms with Crippen LogP contribution in [0.25, 0.3) is 10.8 Å². The van der Waals surface area contributed by atoms with E-state index in [0.29, 0.717) is 5.56 Å². The number of carbonyl (C=O) groups excluding carboxylic acids is 3. The Labute approximate surface area is 286 Å². The summed E-state index contributed by atoms with van der Waals surface area (Å²) in [6, 6.07) is 2.70. The highest BCUT2D eigenvalue weighted by atomic mass is 16.7. The molecule has 3 heterocycles. The molecule has 0 radical (unpaired) electrons. The maximum atomic E-state index is 13.9. The molecule has 0 aromatic heterocycles. The van der Waals surface area contributed by atoms with Crippen molar-refractivity contribution >= 4 is 34.1 Å². The standard InChI is InChI=1S/C37H47NO11/c1-17-11-10-12-18(2)36(45)38-25-16-26(40)28-24(32(25)43)15-19(3)33-29(28)35(44)37(8,49-33)47-14-13-27(46-9)20(4)34(48-23(7)39)22(6)31(42)21(5)30(17)41/h10-17,20-22,27,30-31,34,40-43H,1-9H3,(H,38,45)/b11-10+,14-13+,18-12-/t17-,20+,21+,22+,27-,30-,31+,34+,37-/m0/s1. The molecule has 5 rings (SSSR count). The van der Waals surface area contributed by atoms with Crippen LogP contribution in [0.1, 0.15) is 64.4 Å². The maximum Gasteiger partial charge on any atom is 0.312 e. The number of aliphatic hydroxyl groups excluding tert-OH is 2. The molecule has 0 unspecified atom stereocenters. The maximum absolute atomic E-state index is 13.9. The van der Waals surface area contributed by atoms with Crippen LogP contribution in [0.5, 0.6) is 17.2 Å². The largest absolute Gasteiger partial charge is 0.507 e. The number of fused-ring (bicyclic) bond motifs is 14. The van der Waals surface area contributed by atoms with E-state index in [1.807, 2.05) is 0 Å². The molecule has 12 heteroatoms. The Hall–Kier alpha value is -4.39. The molecule has 12 nitrogen and oxygen atoms in total. The molecule has 3 aliphatic rings. The van der Waals surface area contributed by atoms with E-state index >= 15 is 0 Å². The third-order valence-electron chi connectivity index (χ3n) is 9.66. The Morgan fingerprint density at radius 3 is 2.29 bits per heavy atom. The average molecular weight is 682 g/mol. The third kappa shape index (κ3) is 7.31. The number of amides is 1. The SMILES string of the molecule is CO[C@H]1/C=C/O[C@@]2(C)Oc3c(C)cc4c(O)c(cc(O)c4c3C2=O)NC(=O)/C(C)=C\C=C\[C@H](C)[C@H](O)[C@@H](C)[C@@H](O)[C@@H](C)[C@H](OC(C)=O)[C@@H]1C. The van der Waals surface area contributed by atoms with Crippen molar-refractivity contribution in [1.82, 2.24) is 0 Å². The van der Waals surface area contributed by atoms with Crippen LogP contribution in [-0.4, -0.2) is 75.4 Å². The van der Waals surface area contributed by atoms with Gasteiger partial charge in [-0.2, -0.15) is 0 Å². The molecule has 1 amide bonds. The molecule has 5 N–H and O–H groups in total. The van der Waals surface area contributed by atoms with E-state index in [0.717, 1.165) is 6.07 Å². The molecular weight excluding hydrogens is 634 g/mol. The number of ether oxygens (including phenoxy) is 4. The van der Waals surface area contributed by atoms with Gasteiger partial charge in [0, 0.05) is 67.0 Å². The molecule has 2 aromatic rings. The van der Waals surface area contributed by atoms with Crippen LogP contribution in [0.2, 0.25) is 0 Å². The van der Waals surface area contributed by atoms with Gasteiger partial charge < -0.3 is 44.7 Å². The normalized spacial score (nSPS) is 33.7. The van der Waals surface area contributed by atoms with Crippen molar-refractivity contribution in [2.45, 2.75) is 85.6 Å². The zero-order chi connectivity index (χ0) is 36.5. The predicted molar refractivity (Wildman–Crippen MR) is 182 cm³/mol. The fraction of sp³-hybridized carbons (Fsp3) is 0.486. The Kier molecular flexibility index (Phi) is 11.2. The number of phenols is 2. The van der Waals surface area contributed by atoms with Gasteiger partial charge in [-0.1, -0.05) is 45.9 Å². The van der Waals surface area contributed by atoms with Gasteiger partial charge in [-0.3, -0.25) is 14.4 Å². The van der Waals surface area contributed by atoms with Crippen molar-refractivity contribution in [3.8, 4) is 17.2 Å². The van der Waals surface area contributed by atoms with Crippen molar-refractivity contribution in [2.75, 3.05) is 12.4 Å². The van der Waals surface area contributed by atoms with Gasteiger partial charge in [0.2, 0.25) is 0 Å². The topological polar surface area (TPSA) is 181 Å². The highest BCUT2D eigenvalue weighted by Crippen LogP contribution is 2.49. The van der Waals surface area contributed by atoms with Crippen LogP contribution >= 0.6 is 0 Å².